The van der Waals surface area contributed by atoms with Crippen LogP contribution in [0.4, 0.5) is 25.0 Å². The highest BCUT2D eigenvalue weighted by Gasteiger charge is 2.12. The van der Waals surface area contributed by atoms with E-state index in [9.17, 15) is 13.6 Å². The summed E-state index contributed by atoms with van der Waals surface area (Å²) in [5.74, 6) is -0.827. The van der Waals surface area contributed by atoms with Gasteiger partial charge in [-0.25, -0.2) is 13.6 Å². The van der Waals surface area contributed by atoms with Crippen molar-refractivity contribution in [1.82, 2.24) is 24.8 Å². The molecule has 0 aliphatic heterocycles. The number of hydrogen-bond acceptors (Lipinski definition) is 5. The van der Waals surface area contributed by atoms with Crippen LogP contribution < -0.4 is 10.6 Å². The van der Waals surface area contributed by atoms with E-state index in [-0.39, 0.29) is 5.69 Å². The molecule has 8 nitrogen and oxygen atoms in total. The van der Waals surface area contributed by atoms with Crippen LogP contribution in [0.15, 0.2) is 79.1 Å². The number of benzene rings is 2. The number of pyridine rings is 1. The highest BCUT2D eigenvalue weighted by molar-refractivity contribution is 6.00. The van der Waals surface area contributed by atoms with Gasteiger partial charge in [0.25, 0.3) is 0 Å². The second-order valence-electron chi connectivity index (χ2n) is 7.03. The van der Waals surface area contributed by atoms with Crippen LogP contribution in [0, 0.1) is 11.6 Å². The van der Waals surface area contributed by atoms with Crippen LogP contribution in [0.5, 0.6) is 0 Å². The fourth-order valence-electron chi connectivity index (χ4n) is 3.26. The molecule has 2 amide bonds. The van der Waals surface area contributed by atoms with Crippen LogP contribution in [0.3, 0.4) is 0 Å². The number of nitrogens with zero attached hydrogens (tertiary/aromatic N) is 5. The molecule has 3 aromatic heterocycles. The molecule has 0 unspecified atom stereocenters. The summed E-state index contributed by atoms with van der Waals surface area (Å²) < 4.78 is 28.7. The lowest BCUT2D eigenvalue weighted by molar-refractivity contribution is 0.262. The van der Waals surface area contributed by atoms with Crippen LogP contribution in [0.2, 0.25) is 0 Å². The molecule has 10 heteroatoms. The Morgan fingerprint density at radius 1 is 0.848 bits per heavy atom. The monoisotopic (exact) mass is 443 g/mol. The van der Waals surface area contributed by atoms with E-state index in [2.05, 4.69) is 30.9 Å². The van der Waals surface area contributed by atoms with Crippen LogP contribution in [-0.2, 0) is 0 Å². The van der Waals surface area contributed by atoms with Crippen molar-refractivity contribution in [2.75, 3.05) is 10.6 Å². The van der Waals surface area contributed by atoms with E-state index in [0.29, 0.717) is 22.9 Å². The normalized spacial score (nSPS) is 10.8. The maximum absolute atomic E-state index is 13.8. The van der Waals surface area contributed by atoms with Crippen molar-refractivity contribution in [3.8, 4) is 22.6 Å². The predicted octanol–water partition coefficient (Wildman–Crippen LogP) is 4.78. The molecule has 0 saturated carbocycles. The van der Waals surface area contributed by atoms with E-state index in [1.807, 2.05) is 18.2 Å². The average Bonchev–Trinajstić information content (AvgIpc) is 3.25. The zero-order chi connectivity index (χ0) is 22.8. The number of fused-ring (bicyclic) bond motifs is 1. The van der Waals surface area contributed by atoms with Gasteiger partial charge >= 0.3 is 6.03 Å². The molecule has 3 heterocycles. The largest absolute Gasteiger partial charge is 0.323 e. The summed E-state index contributed by atoms with van der Waals surface area (Å²) >= 11 is 0. The summed E-state index contributed by atoms with van der Waals surface area (Å²) in [5.41, 5.74) is 2.93. The third kappa shape index (κ3) is 4.22. The first-order valence-corrected chi connectivity index (χ1v) is 9.83. The second-order valence-corrected chi connectivity index (χ2v) is 7.03. The van der Waals surface area contributed by atoms with E-state index >= 15 is 0 Å². The fourth-order valence-corrected chi connectivity index (χ4v) is 3.26. The van der Waals surface area contributed by atoms with Gasteiger partial charge in [-0.2, -0.15) is 9.61 Å². The molecule has 0 saturated heterocycles. The van der Waals surface area contributed by atoms with Gasteiger partial charge in [-0.05, 0) is 48.5 Å². The van der Waals surface area contributed by atoms with Gasteiger partial charge < -0.3 is 10.6 Å². The molecule has 0 radical (unpaired) electrons. The number of carbonyl (C=O) groups is 1. The lowest BCUT2D eigenvalue weighted by Crippen LogP contribution is -2.20. The van der Waals surface area contributed by atoms with Gasteiger partial charge in [0.05, 0.1) is 11.4 Å². The number of aromatic nitrogens is 5. The van der Waals surface area contributed by atoms with E-state index in [0.717, 1.165) is 29.3 Å². The van der Waals surface area contributed by atoms with E-state index in [1.54, 1.807) is 47.2 Å². The summed E-state index contributed by atoms with van der Waals surface area (Å²) in [6.45, 7) is 0. The zero-order valence-electron chi connectivity index (χ0n) is 16.9. The van der Waals surface area contributed by atoms with Crippen LogP contribution in [-0.4, -0.2) is 30.8 Å². The molecule has 0 aliphatic rings. The third-order valence-electron chi connectivity index (χ3n) is 4.79. The summed E-state index contributed by atoms with van der Waals surface area (Å²) in [7, 11) is 0. The molecule has 2 N–H and O–H groups in total. The van der Waals surface area contributed by atoms with Gasteiger partial charge in [-0.1, -0.05) is 12.1 Å². The molecule has 5 rings (SSSR count). The maximum Gasteiger partial charge on any atom is 0.323 e. The Bertz CT molecular complexity index is 1470. The molecule has 0 fully saturated rings. The van der Waals surface area contributed by atoms with Crippen molar-refractivity contribution in [2.24, 2.45) is 0 Å². The van der Waals surface area contributed by atoms with Crippen molar-refractivity contribution in [3.63, 3.8) is 0 Å². The van der Waals surface area contributed by atoms with Crippen molar-refractivity contribution in [2.45, 2.75) is 0 Å². The van der Waals surface area contributed by atoms with E-state index in [4.69, 9.17) is 0 Å². The quantitative estimate of drug-likeness (QED) is 0.417. The number of halogens is 2. The number of urea groups is 1. The number of anilines is 2. The standard InChI is InChI=1S/C23H15F2N7O/c24-16-4-5-18(25)20(13-16)28-23(33)27-17-3-1-2-15(12-17)19-6-7-21-29-30-22(32(21)31-19)14-8-10-26-11-9-14/h1-13H,(H2,27,28,33). The number of rotatable bonds is 4. The Labute approximate surface area is 185 Å². The van der Waals surface area contributed by atoms with Crippen LogP contribution in [0.25, 0.3) is 28.3 Å². The number of carbonyl (C=O) groups excluding carboxylic acids is 1. The lowest BCUT2D eigenvalue weighted by atomic mass is 10.1. The van der Waals surface area contributed by atoms with Crippen LogP contribution >= 0.6 is 0 Å². The molecular formula is C23H15F2N7O. The number of nitrogens with one attached hydrogen (secondary N) is 2. The summed E-state index contributed by atoms with van der Waals surface area (Å²) in [6, 6.07) is 16.3. The second kappa shape index (κ2) is 8.42. The van der Waals surface area contributed by atoms with Gasteiger partial charge in [0, 0.05) is 35.3 Å². The minimum atomic E-state index is -0.739. The molecule has 5 aromatic rings. The van der Waals surface area contributed by atoms with Crippen molar-refractivity contribution in [1.29, 1.82) is 0 Å². The molecule has 33 heavy (non-hydrogen) atoms. The topological polar surface area (TPSA) is 97.1 Å². The van der Waals surface area contributed by atoms with Gasteiger partial charge in [-0.15, -0.1) is 10.2 Å². The molecule has 2 aromatic carbocycles. The third-order valence-corrected chi connectivity index (χ3v) is 4.79. The van der Waals surface area contributed by atoms with E-state index < -0.39 is 17.7 Å². The first-order valence-electron chi connectivity index (χ1n) is 9.83. The minimum absolute atomic E-state index is 0.257. The molecule has 0 atom stereocenters. The van der Waals surface area contributed by atoms with Crippen molar-refractivity contribution < 1.29 is 13.6 Å². The summed E-state index contributed by atoms with van der Waals surface area (Å²) in [4.78, 5) is 16.3. The predicted molar refractivity (Wildman–Crippen MR) is 118 cm³/mol. The average molecular weight is 443 g/mol. The fraction of sp³-hybridized carbons (Fsp3) is 0. The number of hydrogen-bond donors (Lipinski definition) is 2. The van der Waals surface area contributed by atoms with Crippen molar-refractivity contribution >= 4 is 23.1 Å². The molecule has 0 aliphatic carbocycles. The maximum atomic E-state index is 13.8. The first kappa shape index (κ1) is 20.2. The zero-order valence-corrected chi connectivity index (χ0v) is 16.9. The minimum Gasteiger partial charge on any atom is -0.308 e. The van der Waals surface area contributed by atoms with Gasteiger partial charge in [0.2, 0.25) is 0 Å². The van der Waals surface area contributed by atoms with Gasteiger partial charge in [0.15, 0.2) is 11.5 Å². The van der Waals surface area contributed by atoms with Gasteiger partial charge in [0.1, 0.15) is 11.6 Å². The van der Waals surface area contributed by atoms with E-state index in [1.165, 1.54) is 0 Å². The first-order chi connectivity index (χ1) is 16.1. The Morgan fingerprint density at radius 3 is 2.55 bits per heavy atom. The molecule has 0 spiro atoms. The SMILES string of the molecule is O=C(Nc1cccc(-c2ccc3nnc(-c4ccncc4)n3n2)c1)Nc1cc(F)ccc1F. The highest BCUT2D eigenvalue weighted by atomic mass is 19.1. The van der Waals surface area contributed by atoms with Crippen molar-refractivity contribution in [3.05, 3.63) is 90.8 Å². The smallest absolute Gasteiger partial charge is 0.308 e. The number of amides is 2. The van der Waals surface area contributed by atoms with Gasteiger partial charge in [-0.3, -0.25) is 4.98 Å². The molecule has 162 valence electrons. The summed E-state index contributed by atoms with van der Waals surface area (Å²) in [5, 5.41) is 17.9. The molecular weight excluding hydrogens is 428 g/mol. The van der Waals surface area contributed by atoms with Crippen LogP contribution in [0.1, 0.15) is 0 Å². The lowest BCUT2D eigenvalue weighted by Gasteiger charge is -2.10. The summed E-state index contributed by atoms with van der Waals surface area (Å²) in [6.07, 6.45) is 3.33. The Hall–Kier alpha value is -4.73. The molecule has 0 bridgehead atoms. The Morgan fingerprint density at radius 2 is 1.70 bits per heavy atom. The highest BCUT2D eigenvalue weighted by Crippen LogP contribution is 2.24. The Balaban J connectivity index is 1.41. The Kier molecular flexibility index (Phi) is 5.15.